The van der Waals surface area contributed by atoms with Gasteiger partial charge in [0.05, 0.1) is 23.8 Å². The maximum Gasteiger partial charge on any atom is 0.410 e. The summed E-state index contributed by atoms with van der Waals surface area (Å²) >= 11 is 0. The molecule has 2 aromatic rings. The highest BCUT2D eigenvalue weighted by Crippen LogP contribution is 2.59. The van der Waals surface area contributed by atoms with Crippen LogP contribution in [0.1, 0.15) is 128 Å². The third kappa shape index (κ3) is 6.49. The molecule has 3 amide bonds. The van der Waals surface area contributed by atoms with Crippen LogP contribution in [0, 0.1) is 5.92 Å². The van der Waals surface area contributed by atoms with Crippen molar-refractivity contribution in [3.63, 3.8) is 0 Å². The number of carbonyl (C=O) groups is 3. The first-order valence-corrected chi connectivity index (χ1v) is 21.9. The Balaban J connectivity index is 1.27. The van der Waals surface area contributed by atoms with Gasteiger partial charge in [-0.15, -0.1) is 0 Å². The Hall–Kier alpha value is -4.06. The number of ether oxygens (including phenoxy) is 2. The molecule has 0 bridgehead atoms. The fourth-order valence-corrected chi connectivity index (χ4v) is 10.8. The molecule has 1 N–H and O–H groups in total. The molecule has 1 aromatic carbocycles. The van der Waals surface area contributed by atoms with Crippen LogP contribution < -0.4 is 9.46 Å². The smallest absolute Gasteiger partial charge is 0.410 e. The Morgan fingerprint density at radius 3 is 2.35 bits per heavy atom. The van der Waals surface area contributed by atoms with Crippen molar-refractivity contribution in [3.05, 3.63) is 58.3 Å². The highest BCUT2D eigenvalue weighted by atomic mass is 32.2. The summed E-state index contributed by atoms with van der Waals surface area (Å²) in [5.41, 5.74) is 4.94. The van der Waals surface area contributed by atoms with Gasteiger partial charge in [0.15, 0.2) is 0 Å². The van der Waals surface area contributed by atoms with Crippen LogP contribution >= 0.6 is 0 Å². The van der Waals surface area contributed by atoms with E-state index in [4.69, 9.17) is 9.47 Å². The number of nitrogens with one attached hydrogen (secondary N) is 1. The number of benzene rings is 1. The van der Waals surface area contributed by atoms with E-state index in [9.17, 15) is 18.0 Å². The van der Waals surface area contributed by atoms with E-state index in [1.807, 2.05) is 30.6 Å². The molecule has 4 fully saturated rings. The molecule has 6 aliphatic rings. The van der Waals surface area contributed by atoms with Gasteiger partial charge in [-0.1, -0.05) is 37.5 Å². The number of amides is 3. The fourth-order valence-electron chi connectivity index (χ4n) is 10.1. The van der Waals surface area contributed by atoms with Gasteiger partial charge in [-0.2, -0.15) is 0 Å². The van der Waals surface area contributed by atoms with Crippen LogP contribution in [-0.4, -0.2) is 83.8 Å². The van der Waals surface area contributed by atoms with Crippen molar-refractivity contribution in [2.45, 2.75) is 133 Å². The second-order valence-corrected chi connectivity index (χ2v) is 20.0. The van der Waals surface area contributed by atoms with Crippen LogP contribution in [0.3, 0.4) is 0 Å². The lowest BCUT2D eigenvalue weighted by atomic mass is 9.83. The zero-order chi connectivity index (χ0) is 39.0. The third-order valence-corrected chi connectivity index (χ3v) is 14.7. The normalized spacial score (nSPS) is 23.8. The molecule has 12 heteroatoms. The second kappa shape index (κ2) is 13.8. The zero-order valence-electron chi connectivity index (χ0n) is 33.2. The van der Waals surface area contributed by atoms with Crippen LogP contribution in [-0.2, 0) is 24.3 Å². The van der Waals surface area contributed by atoms with Crippen LogP contribution in [0.4, 0.5) is 4.79 Å². The maximum atomic E-state index is 15.5. The largest absolute Gasteiger partial charge is 0.496 e. The molecule has 1 aromatic heterocycles. The Labute approximate surface area is 325 Å². The molecule has 11 nitrogen and oxygen atoms in total. The van der Waals surface area contributed by atoms with E-state index in [2.05, 4.69) is 39.6 Å². The molecule has 2 saturated heterocycles. The summed E-state index contributed by atoms with van der Waals surface area (Å²) in [5, 5.41) is 0.154. The van der Waals surface area contributed by atoms with Crippen LogP contribution in [0.5, 0.6) is 5.75 Å². The molecule has 4 heterocycles. The first-order valence-electron chi connectivity index (χ1n) is 20.4. The minimum atomic E-state index is -3.92. The highest BCUT2D eigenvalue weighted by molar-refractivity contribution is 7.90. The summed E-state index contributed by atoms with van der Waals surface area (Å²) in [6.07, 6.45) is 14.1. The number of nitrogens with zero attached hydrogens (tertiary/aromatic N) is 3. The van der Waals surface area contributed by atoms with Gasteiger partial charge >= 0.3 is 6.09 Å². The number of hydrogen-bond donors (Lipinski definition) is 1. The lowest BCUT2D eigenvalue weighted by Gasteiger charge is -2.45. The lowest BCUT2D eigenvalue weighted by Crippen LogP contribution is -2.56. The van der Waals surface area contributed by atoms with Gasteiger partial charge in [0.25, 0.3) is 5.91 Å². The van der Waals surface area contributed by atoms with E-state index >= 15 is 4.79 Å². The number of rotatable bonds is 6. The Morgan fingerprint density at radius 1 is 0.945 bits per heavy atom. The summed E-state index contributed by atoms with van der Waals surface area (Å²) in [7, 11) is -2.24. The average molecular weight is 773 g/mol. The van der Waals surface area contributed by atoms with Gasteiger partial charge in [0.1, 0.15) is 17.0 Å². The van der Waals surface area contributed by atoms with Gasteiger partial charge < -0.3 is 23.8 Å². The predicted octanol–water partition coefficient (Wildman–Crippen LogP) is 7.53. The van der Waals surface area contributed by atoms with Crippen molar-refractivity contribution >= 4 is 44.5 Å². The number of fused-ring (bicyclic) bond motifs is 6. The Morgan fingerprint density at radius 2 is 1.67 bits per heavy atom. The number of hydrogen-bond acceptors (Lipinski definition) is 7. The van der Waals surface area contributed by atoms with E-state index in [0.29, 0.717) is 49.7 Å². The van der Waals surface area contributed by atoms with Crippen molar-refractivity contribution < 1.29 is 32.3 Å². The molecule has 3 aliphatic carbocycles. The molecule has 8 rings (SSSR count). The highest BCUT2D eigenvalue weighted by Gasteiger charge is 2.55. The first kappa shape index (κ1) is 37.8. The molecule has 0 radical (unpaired) electrons. The van der Waals surface area contributed by atoms with Gasteiger partial charge in [-0.05, 0) is 121 Å². The summed E-state index contributed by atoms with van der Waals surface area (Å²) in [6, 6.07) is 6.42. The summed E-state index contributed by atoms with van der Waals surface area (Å²) < 4.78 is 42.5. The monoisotopic (exact) mass is 772 g/mol. The Kier molecular flexibility index (Phi) is 9.53. The van der Waals surface area contributed by atoms with Gasteiger partial charge in [0, 0.05) is 47.7 Å². The fraction of sp³-hybridized carbons (Fsp3) is 0.605. The number of likely N-dealkylation sites (tertiary alicyclic amines) is 2. The third-order valence-electron chi connectivity index (χ3n) is 13.0. The standard InChI is InChI=1S/C43H56N4O7S/c1-26(2)55(51,52)44-39(48)36-34-30-16-11-10-15-29(30)32-25-31-33(53-6)18-17-28(27-13-8-7-9-14-27)37(31)47(32)38(35(34)36)40(49)45-23-20-43(21-24-45)19-12-22-46(43)41(50)54-42(3,4)5/h11,16-18,25-27,29,36H,7-10,12-15,19-24H2,1-6H3,(H,44,48). The molecule has 3 aliphatic heterocycles. The van der Waals surface area contributed by atoms with E-state index in [-0.39, 0.29) is 23.5 Å². The van der Waals surface area contributed by atoms with Crippen molar-refractivity contribution in [1.29, 1.82) is 0 Å². The van der Waals surface area contributed by atoms with E-state index in [1.54, 1.807) is 21.0 Å². The summed E-state index contributed by atoms with van der Waals surface area (Å²) in [6.45, 7) is 10.2. The lowest BCUT2D eigenvalue weighted by molar-refractivity contribution is -0.127. The van der Waals surface area contributed by atoms with Crippen molar-refractivity contribution in [1.82, 2.24) is 19.1 Å². The number of allylic oxidation sites excluding steroid dienone is 3. The van der Waals surface area contributed by atoms with Gasteiger partial charge in [-0.25, -0.2) is 13.2 Å². The van der Waals surface area contributed by atoms with Gasteiger partial charge in [0.2, 0.25) is 15.9 Å². The predicted molar refractivity (Wildman–Crippen MR) is 212 cm³/mol. The molecule has 55 heavy (non-hydrogen) atoms. The van der Waals surface area contributed by atoms with Gasteiger partial charge in [-0.3, -0.25) is 14.3 Å². The minimum Gasteiger partial charge on any atom is -0.496 e. The van der Waals surface area contributed by atoms with Crippen molar-refractivity contribution in [2.24, 2.45) is 5.92 Å². The Bertz CT molecular complexity index is 2140. The number of piperidine rings is 1. The summed E-state index contributed by atoms with van der Waals surface area (Å²) in [4.78, 5) is 46.8. The van der Waals surface area contributed by atoms with Crippen LogP contribution in [0.15, 0.2) is 47.1 Å². The number of aromatic nitrogens is 1. The quantitative estimate of drug-likeness (QED) is 0.322. The van der Waals surface area contributed by atoms with Crippen LogP contribution in [0.2, 0.25) is 0 Å². The van der Waals surface area contributed by atoms with E-state index in [1.165, 1.54) is 12.0 Å². The van der Waals surface area contributed by atoms with Crippen LogP contribution in [0.25, 0.3) is 16.6 Å². The number of methoxy groups -OCH3 is 1. The zero-order valence-corrected chi connectivity index (χ0v) is 34.0. The number of sulfonamides is 1. The molecule has 1 spiro atoms. The molecule has 2 saturated carbocycles. The molecule has 296 valence electrons. The molecular weight excluding hydrogens is 717 g/mol. The molecular formula is C43H56N4O7S. The topological polar surface area (TPSA) is 127 Å². The molecule has 2 atom stereocenters. The molecule has 2 unspecified atom stereocenters. The van der Waals surface area contributed by atoms with E-state index < -0.39 is 32.7 Å². The first-order chi connectivity index (χ1) is 26.2. The minimum absolute atomic E-state index is 0.0957. The van der Waals surface area contributed by atoms with Crippen molar-refractivity contribution in [3.8, 4) is 5.75 Å². The maximum absolute atomic E-state index is 15.5. The second-order valence-electron chi connectivity index (χ2n) is 17.8. The number of carbonyl (C=O) groups excluding carboxylic acids is 3. The average Bonchev–Trinajstić information content (AvgIpc) is 3.59. The SMILES string of the molecule is COc1ccc(C2CCCCC2)c2c1cc1n2C(C(=O)N2CCC3(CCCN3C(=O)OC(C)(C)C)CC2)=C2C(=C3C=CCCC31)C2C(=O)NS(=O)(=O)C(C)C. The summed E-state index contributed by atoms with van der Waals surface area (Å²) in [5.74, 6) is -0.700. The van der Waals surface area contributed by atoms with Crippen molar-refractivity contribution in [2.75, 3.05) is 26.7 Å². The van der Waals surface area contributed by atoms with E-state index in [0.717, 1.165) is 84.9 Å².